The van der Waals surface area contributed by atoms with Crippen LogP contribution in [0.15, 0.2) is 12.8 Å². The molecule has 0 aliphatic rings. The van der Waals surface area contributed by atoms with Gasteiger partial charge in [0.05, 0.1) is 14.2 Å². The molecule has 0 saturated heterocycles. The van der Waals surface area contributed by atoms with Crippen LogP contribution in [0.3, 0.4) is 0 Å². The van der Waals surface area contributed by atoms with Crippen LogP contribution in [0.5, 0.6) is 0 Å². The van der Waals surface area contributed by atoms with Gasteiger partial charge in [0.2, 0.25) is 0 Å². The maximum absolute atomic E-state index is 6.40. The number of hydrogen-bond acceptors (Lipinski definition) is 1. The summed E-state index contributed by atoms with van der Waals surface area (Å²) < 4.78 is 11.0. The summed E-state index contributed by atoms with van der Waals surface area (Å²) in [6, 6.07) is 0. The van der Waals surface area contributed by atoms with Crippen molar-refractivity contribution in [3.63, 3.8) is 0 Å². The predicted molar refractivity (Wildman–Crippen MR) is 21.8 cm³/mol. The summed E-state index contributed by atoms with van der Waals surface area (Å²) in [7, 11) is 0. The quantitative estimate of drug-likeness (QED) is 0.446. The molecule has 0 rings (SSSR count). The first-order chi connectivity index (χ1) is 2.91. The summed E-state index contributed by atoms with van der Waals surface area (Å²) in [5, 5.41) is 0. The van der Waals surface area contributed by atoms with Gasteiger partial charge in [0.25, 0.3) is 0 Å². The Morgan fingerprint density at radius 2 is 3.20 bits per heavy atom. The minimum atomic E-state index is 0.648. The summed E-state index contributed by atoms with van der Waals surface area (Å²) in [5.41, 5.74) is 0. The zero-order valence-electron chi connectivity index (χ0n) is 4.27. The van der Waals surface area contributed by atoms with Gasteiger partial charge < -0.3 is 4.74 Å². The average Bonchev–Trinajstić information content (AvgIpc) is 1.61. The Labute approximate surface area is 33.7 Å². The summed E-state index contributed by atoms with van der Waals surface area (Å²) in [6.07, 6.45) is 1.35. The van der Waals surface area contributed by atoms with Gasteiger partial charge in [-0.25, -0.2) is 0 Å². The molecule has 0 unspecified atom stereocenters. The highest BCUT2D eigenvalue weighted by atomic mass is 16.5. The molecule has 0 aliphatic carbocycles. The lowest BCUT2D eigenvalue weighted by molar-refractivity contribution is 0.270. The van der Waals surface area contributed by atoms with E-state index in [0.29, 0.717) is 6.61 Å². The second kappa shape index (κ2) is 3.54. The van der Waals surface area contributed by atoms with Crippen molar-refractivity contribution < 1.29 is 6.11 Å². The van der Waals surface area contributed by atoms with Crippen molar-refractivity contribution >= 4 is 0 Å². The Morgan fingerprint density at radius 3 is 3.40 bits per heavy atom. The van der Waals surface area contributed by atoms with Crippen LogP contribution in [0.25, 0.3) is 0 Å². The molecule has 30 valence electrons. The fraction of sp³-hybridized carbons (Fsp3) is 0.500. The van der Waals surface area contributed by atoms with E-state index >= 15 is 0 Å². The van der Waals surface area contributed by atoms with Crippen molar-refractivity contribution in [2.45, 2.75) is 6.92 Å². The average molecular weight is 73.1 g/mol. The summed E-state index contributed by atoms with van der Waals surface area (Å²) in [5.74, 6) is 0. The lowest BCUT2D eigenvalue weighted by Crippen LogP contribution is -1.72. The van der Waals surface area contributed by atoms with Crippen LogP contribution in [0.2, 0.25) is 0 Å². The van der Waals surface area contributed by atoms with Gasteiger partial charge in [0.1, 0.15) is 0 Å². The Bertz CT molecular complexity index is 42.8. The molecule has 0 aromatic carbocycles. The third-order valence-electron chi connectivity index (χ3n) is 0.263. The molecule has 0 aromatic rings. The number of rotatable bonds is 2. The van der Waals surface area contributed by atoms with E-state index < -0.39 is 0 Å². The predicted octanol–water partition coefficient (Wildman–Crippen LogP) is 1.17. The second-order valence-electron chi connectivity index (χ2n) is 0.591. The lowest BCUT2D eigenvalue weighted by Gasteiger charge is -1.84. The number of ether oxygens (including phenoxy) is 1. The SMILES string of the molecule is [2H]C=COCC. The second-order valence-corrected chi connectivity index (χ2v) is 0.591. The molecule has 0 aromatic heterocycles. The van der Waals surface area contributed by atoms with Crippen LogP contribution in [0.1, 0.15) is 8.29 Å². The van der Waals surface area contributed by atoms with Crippen molar-refractivity contribution in [2.75, 3.05) is 6.61 Å². The highest BCUT2D eigenvalue weighted by Crippen LogP contribution is 1.65. The molecule has 0 atom stereocenters. The van der Waals surface area contributed by atoms with Crippen LogP contribution in [0.4, 0.5) is 0 Å². The van der Waals surface area contributed by atoms with Crippen molar-refractivity contribution in [3.8, 4) is 0 Å². The van der Waals surface area contributed by atoms with Gasteiger partial charge in [0.15, 0.2) is 0 Å². The topological polar surface area (TPSA) is 9.23 Å². The van der Waals surface area contributed by atoms with E-state index in [1.165, 1.54) is 6.26 Å². The highest BCUT2D eigenvalue weighted by molar-refractivity contribution is 4.45. The zero-order chi connectivity index (χ0) is 4.83. The van der Waals surface area contributed by atoms with Gasteiger partial charge >= 0.3 is 0 Å². The fourth-order valence-corrected chi connectivity index (χ4v) is 0.0962. The molecule has 0 saturated carbocycles. The lowest BCUT2D eigenvalue weighted by atomic mass is 10.9. The summed E-state index contributed by atoms with van der Waals surface area (Å²) in [4.78, 5) is 0. The van der Waals surface area contributed by atoms with E-state index in [4.69, 9.17) is 1.37 Å². The first-order valence-corrected chi connectivity index (χ1v) is 1.56. The van der Waals surface area contributed by atoms with Gasteiger partial charge in [-0.1, -0.05) is 6.55 Å². The van der Waals surface area contributed by atoms with E-state index in [9.17, 15) is 0 Å². The van der Waals surface area contributed by atoms with Crippen LogP contribution in [-0.4, -0.2) is 6.61 Å². The summed E-state index contributed by atoms with van der Waals surface area (Å²) >= 11 is 0. The molecular weight excluding hydrogens is 64.0 g/mol. The van der Waals surface area contributed by atoms with Gasteiger partial charge in [0, 0.05) is 0 Å². The first kappa shape index (κ1) is 2.76. The van der Waals surface area contributed by atoms with E-state index in [1.54, 1.807) is 0 Å². The van der Waals surface area contributed by atoms with Gasteiger partial charge in [-0.3, -0.25) is 0 Å². The van der Waals surface area contributed by atoms with E-state index in [1.807, 2.05) is 6.92 Å². The Kier molecular flexibility index (Phi) is 1.95. The van der Waals surface area contributed by atoms with E-state index in [2.05, 4.69) is 4.74 Å². The molecule has 0 amide bonds. The molecule has 0 spiro atoms. The van der Waals surface area contributed by atoms with E-state index in [0.717, 1.165) is 6.55 Å². The normalized spacial score (nSPS) is 11.8. The minimum absolute atomic E-state index is 0.648. The van der Waals surface area contributed by atoms with E-state index in [-0.39, 0.29) is 0 Å². The maximum atomic E-state index is 6.40. The standard InChI is InChI=1S/C4H8O/c1-3-5-4-2/h3H,1,4H2,2H3/i1D. The maximum Gasteiger partial charge on any atom is 0.0844 e. The molecule has 0 fully saturated rings. The first-order valence-electron chi connectivity index (χ1n) is 2.14. The van der Waals surface area contributed by atoms with Gasteiger partial charge in [-0.15, -0.1) is 0 Å². The zero-order valence-corrected chi connectivity index (χ0v) is 3.27. The molecule has 0 bridgehead atoms. The van der Waals surface area contributed by atoms with Crippen LogP contribution >= 0.6 is 0 Å². The summed E-state index contributed by atoms with van der Waals surface area (Å²) in [6.45, 7) is 3.64. The smallest absolute Gasteiger partial charge is 0.0844 e. The molecule has 0 N–H and O–H groups in total. The van der Waals surface area contributed by atoms with Crippen LogP contribution < -0.4 is 0 Å². The van der Waals surface area contributed by atoms with Crippen molar-refractivity contribution in [3.05, 3.63) is 12.8 Å². The molecule has 5 heavy (non-hydrogen) atoms. The van der Waals surface area contributed by atoms with Crippen molar-refractivity contribution in [2.24, 2.45) is 0 Å². The number of hydrogen-bond donors (Lipinski definition) is 0. The van der Waals surface area contributed by atoms with Gasteiger partial charge in [-0.05, 0) is 6.92 Å². The minimum Gasteiger partial charge on any atom is -0.502 e. The van der Waals surface area contributed by atoms with Crippen molar-refractivity contribution in [1.82, 2.24) is 0 Å². The van der Waals surface area contributed by atoms with Crippen LogP contribution in [-0.2, 0) is 4.74 Å². The third kappa shape index (κ3) is 3.54. The van der Waals surface area contributed by atoms with Gasteiger partial charge in [-0.2, -0.15) is 0 Å². The largest absolute Gasteiger partial charge is 0.502 e. The Hall–Kier alpha value is -0.460. The highest BCUT2D eigenvalue weighted by Gasteiger charge is 1.55. The monoisotopic (exact) mass is 73.1 g/mol. The Balaban J connectivity index is 2.66. The molecule has 0 aliphatic heterocycles. The third-order valence-corrected chi connectivity index (χ3v) is 0.263. The molecular formula is C4H8O. The molecule has 1 nitrogen and oxygen atoms in total. The van der Waals surface area contributed by atoms with Crippen molar-refractivity contribution in [1.29, 1.82) is 0 Å². The molecule has 0 radical (unpaired) electrons. The Morgan fingerprint density at radius 1 is 2.40 bits per heavy atom. The fourth-order valence-electron chi connectivity index (χ4n) is 0.0962. The van der Waals surface area contributed by atoms with Crippen LogP contribution in [0, 0.1) is 0 Å². The molecule has 0 heterocycles. The molecule has 1 heteroatoms.